The number of carbonyl (C=O) groups is 1. The number of benzene rings is 1. The molecule has 0 spiro atoms. The SMILES string of the molecule is CCn1cnc(S(=O)(=O)N2CCC[C@@H](C(=O)Nc3ccc(OC)cc3OC)C2)c1. The number of nitrogens with one attached hydrogen (secondary N) is 1. The van der Waals surface area contributed by atoms with Crippen LogP contribution in [0.3, 0.4) is 0 Å². The lowest BCUT2D eigenvalue weighted by Crippen LogP contribution is -2.43. The number of aromatic nitrogens is 2. The molecular weight excluding hydrogens is 396 g/mol. The number of sulfonamides is 1. The van der Waals surface area contributed by atoms with Crippen LogP contribution in [0.25, 0.3) is 0 Å². The average molecular weight is 423 g/mol. The maximum absolute atomic E-state index is 12.9. The highest BCUT2D eigenvalue weighted by Gasteiger charge is 2.34. The fourth-order valence-corrected chi connectivity index (χ4v) is 4.75. The molecule has 1 aliphatic rings. The Labute approximate surface area is 170 Å². The van der Waals surface area contributed by atoms with Gasteiger partial charge in [-0.2, -0.15) is 4.31 Å². The van der Waals surface area contributed by atoms with Gasteiger partial charge in [-0.25, -0.2) is 13.4 Å². The first-order chi connectivity index (χ1) is 13.9. The minimum absolute atomic E-state index is 0.0113. The van der Waals surface area contributed by atoms with Gasteiger partial charge in [0.2, 0.25) is 5.91 Å². The number of nitrogens with zero attached hydrogens (tertiary/aromatic N) is 3. The number of hydrogen-bond acceptors (Lipinski definition) is 6. The summed E-state index contributed by atoms with van der Waals surface area (Å²) in [4.78, 5) is 16.8. The van der Waals surface area contributed by atoms with Gasteiger partial charge in [0, 0.05) is 31.9 Å². The Balaban J connectivity index is 1.72. The Kier molecular flexibility index (Phi) is 6.43. The molecule has 3 rings (SSSR count). The molecule has 2 heterocycles. The molecule has 9 nitrogen and oxygen atoms in total. The number of methoxy groups -OCH3 is 2. The zero-order valence-corrected chi connectivity index (χ0v) is 17.6. The van der Waals surface area contributed by atoms with Crippen molar-refractivity contribution in [3.05, 3.63) is 30.7 Å². The molecule has 1 N–H and O–H groups in total. The maximum Gasteiger partial charge on any atom is 0.262 e. The molecule has 1 aromatic carbocycles. The number of rotatable bonds is 7. The van der Waals surface area contributed by atoms with E-state index in [1.54, 1.807) is 29.9 Å². The van der Waals surface area contributed by atoms with Crippen LogP contribution in [0.2, 0.25) is 0 Å². The van der Waals surface area contributed by atoms with Gasteiger partial charge in [-0.1, -0.05) is 0 Å². The molecule has 1 atom stereocenters. The molecule has 0 bridgehead atoms. The summed E-state index contributed by atoms with van der Waals surface area (Å²) >= 11 is 0. The molecule has 0 saturated carbocycles. The monoisotopic (exact) mass is 422 g/mol. The Morgan fingerprint density at radius 3 is 2.76 bits per heavy atom. The zero-order valence-electron chi connectivity index (χ0n) is 16.8. The van der Waals surface area contributed by atoms with Gasteiger partial charge >= 0.3 is 0 Å². The number of ether oxygens (including phenoxy) is 2. The van der Waals surface area contributed by atoms with Crippen LogP contribution >= 0.6 is 0 Å². The third kappa shape index (κ3) is 4.54. The lowest BCUT2D eigenvalue weighted by Gasteiger charge is -2.30. The van der Waals surface area contributed by atoms with E-state index in [0.29, 0.717) is 43.1 Å². The fraction of sp³-hybridized carbons (Fsp3) is 0.474. The predicted molar refractivity (Wildman–Crippen MR) is 108 cm³/mol. The summed E-state index contributed by atoms with van der Waals surface area (Å²) in [6.45, 7) is 3.03. The van der Waals surface area contributed by atoms with E-state index in [9.17, 15) is 13.2 Å². The molecule has 1 aliphatic heterocycles. The minimum atomic E-state index is -3.73. The zero-order chi connectivity index (χ0) is 21.0. The summed E-state index contributed by atoms with van der Waals surface area (Å²) in [6.07, 6.45) is 4.23. The quantitative estimate of drug-likeness (QED) is 0.732. The number of amides is 1. The highest BCUT2D eigenvalue weighted by Crippen LogP contribution is 2.30. The van der Waals surface area contributed by atoms with E-state index < -0.39 is 15.9 Å². The van der Waals surface area contributed by atoms with Gasteiger partial charge in [-0.05, 0) is 31.9 Å². The van der Waals surface area contributed by atoms with Gasteiger partial charge in [0.1, 0.15) is 11.5 Å². The molecule has 1 fully saturated rings. The molecule has 1 aromatic heterocycles. The van der Waals surface area contributed by atoms with Crippen molar-refractivity contribution in [3.63, 3.8) is 0 Å². The van der Waals surface area contributed by atoms with Crippen LogP contribution in [0.15, 0.2) is 35.7 Å². The van der Waals surface area contributed by atoms with Gasteiger partial charge in [-0.15, -0.1) is 0 Å². The summed E-state index contributed by atoms with van der Waals surface area (Å²) < 4.78 is 39.3. The number of imidazole rings is 1. The van der Waals surface area contributed by atoms with E-state index in [0.717, 1.165) is 0 Å². The highest BCUT2D eigenvalue weighted by atomic mass is 32.2. The largest absolute Gasteiger partial charge is 0.497 e. The van der Waals surface area contributed by atoms with Crippen LogP contribution in [-0.2, 0) is 21.4 Å². The first-order valence-electron chi connectivity index (χ1n) is 9.43. The van der Waals surface area contributed by atoms with E-state index in [-0.39, 0.29) is 17.5 Å². The highest BCUT2D eigenvalue weighted by molar-refractivity contribution is 7.89. The second-order valence-electron chi connectivity index (χ2n) is 6.80. The molecule has 0 aliphatic carbocycles. The third-order valence-corrected chi connectivity index (χ3v) is 6.75. The molecule has 158 valence electrons. The van der Waals surface area contributed by atoms with Crippen LogP contribution < -0.4 is 14.8 Å². The van der Waals surface area contributed by atoms with Crippen molar-refractivity contribution in [1.82, 2.24) is 13.9 Å². The first-order valence-corrected chi connectivity index (χ1v) is 10.9. The first kappa shape index (κ1) is 21.1. The molecule has 10 heteroatoms. The third-order valence-electron chi connectivity index (χ3n) is 5.00. The molecular formula is C19H26N4O5S. The summed E-state index contributed by atoms with van der Waals surface area (Å²) in [5, 5.41) is 2.86. The van der Waals surface area contributed by atoms with Crippen LogP contribution in [0.4, 0.5) is 5.69 Å². The van der Waals surface area contributed by atoms with Crippen molar-refractivity contribution in [3.8, 4) is 11.5 Å². The smallest absolute Gasteiger partial charge is 0.262 e. The summed E-state index contributed by atoms with van der Waals surface area (Å²) in [7, 11) is -0.674. The maximum atomic E-state index is 12.9. The summed E-state index contributed by atoms with van der Waals surface area (Å²) in [5.41, 5.74) is 0.514. The van der Waals surface area contributed by atoms with Crippen molar-refractivity contribution in [1.29, 1.82) is 0 Å². The van der Waals surface area contributed by atoms with Crippen molar-refractivity contribution in [2.45, 2.75) is 31.3 Å². The van der Waals surface area contributed by atoms with Gasteiger partial charge in [0.25, 0.3) is 10.0 Å². The number of piperidine rings is 1. The van der Waals surface area contributed by atoms with Gasteiger partial charge < -0.3 is 19.4 Å². The topological polar surface area (TPSA) is 103 Å². The van der Waals surface area contributed by atoms with Crippen LogP contribution in [0, 0.1) is 5.92 Å². The minimum Gasteiger partial charge on any atom is -0.497 e. The fourth-order valence-electron chi connectivity index (χ4n) is 3.29. The molecule has 1 amide bonds. The van der Waals surface area contributed by atoms with E-state index >= 15 is 0 Å². The van der Waals surface area contributed by atoms with Crippen LogP contribution in [0.1, 0.15) is 19.8 Å². The predicted octanol–water partition coefficient (Wildman–Crippen LogP) is 1.96. The Morgan fingerprint density at radius 2 is 2.10 bits per heavy atom. The van der Waals surface area contributed by atoms with Gasteiger partial charge in [-0.3, -0.25) is 4.79 Å². The number of aryl methyl sites for hydroxylation is 1. The summed E-state index contributed by atoms with van der Waals surface area (Å²) in [5.74, 6) is 0.385. The Bertz CT molecular complexity index is 973. The molecule has 2 aromatic rings. The van der Waals surface area contributed by atoms with Crippen molar-refractivity contribution >= 4 is 21.6 Å². The second kappa shape index (κ2) is 8.83. The lowest BCUT2D eigenvalue weighted by atomic mass is 9.98. The number of hydrogen-bond donors (Lipinski definition) is 1. The summed E-state index contributed by atoms with van der Waals surface area (Å²) in [6, 6.07) is 5.10. The molecule has 1 saturated heterocycles. The van der Waals surface area contributed by atoms with Crippen LogP contribution in [-0.4, -0.2) is 55.5 Å². The van der Waals surface area contributed by atoms with Crippen molar-refractivity contribution in [2.24, 2.45) is 5.92 Å². The molecule has 0 unspecified atom stereocenters. The van der Waals surface area contributed by atoms with E-state index in [1.165, 1.54) is 23.9 Å². The Morgan fingerprint density at radius 1 is 1.31 bits per heavy atom. The number of anilines is 1. The van der Waals surface area contributed by atoms with E-state index in [2.05, 4.69) is 10.3 Å². The average Bonchev–Trinajstić information content (AvgIpc) is 3.24. The molecule has 29 heavy (non-hydrogen) atoms. The van der Waals surface area contributed by atoms with E-state index in [1.807, 2.05) is 6.92 Å². The Hall–Kier alpha value is -2.59. The normalized spacial score (nSPS) is 17.7. The van der Waals surface area contributed by atoms with Gasteiger partial charge in [0.15, 0.2) is 5.03 Å². The van der Waals surface area contributed by atoms with Crippen LogP contribution in [0.5, 0.6) is 11.5 Å². The number of carbonyl (C=O) groups excluding carboxylic acids is 1. The molecule has 0 radical (unpaired) electrons. The van der Waals surface area contributed by atoms with Gasteiger partial charge in [0.05, 0.1) is 32.2 Å². The van der Waals surface area contributed by atoms with E-state index in [4.69, 9.17) is 9.47 Å². The van der Waals surface area contributed by atoms with Crippen molar-refractivity contribution in [2.75, 3.05) is 32.6 Å². The van der Waals surface area contributed by atoms with Crippen molar-refractivity contribution < 1.29 is 22.7 Å². The lowest BCUT2D eigenvalue weighted by molar-refractivity contribution is -0.120. The standard InChI is InChI=1S/C19H26N4O5S/c1-4-22-12-18(20-13-22)29(25,26)23-9-5-6-14(11-23)19(24)21-16-8-7-15(27-2)10-17(16)28-3/h7-8,10,12-14H,4-6,9,11H2,1-3H3,(H,21,24)/t14-/m1/s1. The second-order valence-corrected chi connectivity index (χ2v) is 8.68.